The highest BCUT2D eigenvalue weighted by molar-refractivity contribution is 5.26. The van der Waals surface area contributed by atoms with Gasteiger partial charge in [-0.3, -0.25) is 0 Å². The van der Waals surface area contributed by atoms with Gasteiger partial charge in [-0.1, -0.05) is 42.4 Å². The third-order valence-corrected chi connectivity index (χ3v) is 3.58. The summed E-state index contributed by atoms with van der Waals surface area (Å²) < 4.78 is 5.25. The Bertz CT molecular complexity index is 499. The molecule has 0 aliphatic heterocycles. The largest absolute Gasteiger partial charge is 0.361 e. The Balaban J connectivity index is 2.15. The first-order valence-electron chi connectivity index (χ1n) is 6.87. The van der Waals surface area contributed by atoms with E-state index in [2.05, 4.69) is 48.6 Å². The van der Waals surface area contributed by atoms with Crippen LogP contribution >= 0.6 is 0 Å². The molecular formula is C16H22N2O. The Labute approximate surface area is 115 Å². The summed E-state index contributed by atoms with van der Waals surface area (Å²) in [6.07, 6.45) is 1.05. The number of benzene rings is 1. The van der Waals surface area contributed by atoms with Crippen molar-refractivity contribution in [2.75, 3.05) is 0 Å². The van der Waals surface area contributed by atoms with Crippen LogP contribution in [-0.2, 0) is 0 Å². The van der Waals surface area contributed by atoms with E-state index in [0.717, 1.165) is 17.9 Å². The number of rotatable bonds is 5. The average molecular weight is 258 g/mol. The van der Waals surface area contributed by atoms with E-state index >= 15 is 0 Å². The monoisotopic (exact) mass is 258 g/mol. The summed E-state index contributed by atoms with van der Waals surface area (Å²) in [5, 5.41) is 7.70. The molecule has 0 saturated carbocycles. The maximum Gasteiger partial charge on any atom is 0.138 e. The molecule has 1 N–H and O–H groups in total. The van der Waals surface area contributed by atoms with Crippen LogP contribution in [0.2, 0.25) is 0 Å². The Morgan fingerprint density at radius 2 is 1.89 bits per heavy atom. The second-order valence-electron chi connectivity index (χ2n) is 5.00. The molecule has 2 aromatic rings. The molecule has 0 fully saturated rings. The van der Waals surface area contributed by atoms with Crippen LogP contribution in [0.4, 0.5) is 0 Å². The molecule has 0 spiro atoms. The first kappa shape index (κ1) is 13.8. The minimum Gasteiger partial charge on any atom is -0.361 e. The van der Waals surface area contributed by atoms with Crippen LogP contribution in [0.5, 0.6) is 0 Å². The van der Waals surface area contributed by atoms with Crippen molar-refractivity contribution in [3.8, 4) is 0 Å². The fourth-order valence-corrected chi connectivity index (χ4v) is 2.63. The first-order valence-corrected chi connectivity index (χ1v) is 6.87. The number of nitrogens with one attached hydrogen (secondary N) is 1. The van der Waals surface area contributed by atoms with Gasteiger partial charge >= 0.3 is 0 Å². The molecule has 1 heterocycles. The first-order chi connectivity index (χ1) is 9.13. The van der Waals surface area contributed by atoms with E-state index in [1.54, 1.807) is 0 Å². The van der Waals surface area contributed by atoms with Crippen LogP contribution in [0.3, 0.4) is 0 Å². The number of aromatic nitrogens is 1. The van der Waals surface area contributed by atoms with Gasteiger partial charge in [-0.05, 0) is 32.8 Å². The molecule has 0 aliphatic rings. The standard InChI is InChI=1S/C16H22N2O/c1-5-15(14-9-7-6-8-10-14)17-11(2)16-12(3)18-19-13(16)4/h6-11,15,17H,5H2,1-4H3. The van der Waals surface area contributed by atoms with Crippen molar-refractivity contribution in [1.82, 2.24) is 10.5 Å². The van der Waals surface area contributed by atoms with Gasteiger partial charge in [0, 0.05) is 17.6 Å². The van der Waals surface area contributed by atoms with Crippen molar-refractivity contribution in [1.29, 1.82) is 0 Å². The third-order valence-electron chi connectivity index (χ3n) is 3.58. The fourth-order valence-electron chi connectivity index (χ4n) is 2.63. The zero-order chi connectivity index (χ0) is 13.8. The van der Waals surface area contributed by atoms with E-state index in [1.807, 2.05) is 19.9 Å². The predicted octanol–water partition coefficient (Wildman–Crippen LogP) is 4.09. The summed E-state index contributed by atoms with van der Waals surface area (Å²) in [7, 11) is 0. The normalized spacial score (nSPS) is 14.3. The van der Waals surface area contributed by atoms with Crippen molar-refractivity contribution < 1.29 is 4.52 Å². The van der Waals surface area contributed by atoms with Crippen molar-refractivity contribution in [2.45, 2.75) is 46.2 Å². The second kappa shape index (κ2) is 6.02. The van der Waals surface area contributed by atoms with Crippen LogP contribution in [0, 0.1) is 13.8 Å². The second-order valence-corrected chi connectivity index (χ2v) is 5.00. The average Bonchev–Trinajstić information content (AvgIpc) is 2.76. The summed E-state index contributed by atoms with van der Waals surface area (Å²) in [4.78, 5) is 0. The number of hydrogen-bond donors (Lipinski definition) is 1. The molecule has 0 amide bonds. The lowest BCUT2D eigenvalue weighted by atomic mass is 10.0. The van der Waals surface area contributed by atoms with Crippen LogP contribution < -0.4 is 5.32 Å². The van der Waals surface area contributed by atoms with Gasteiger partial charge in [0.25, 0.3) is 0 Å². The van der Waals surface area contributed by atoms with Crippen LogP contribution in [-0.4, -0.2) is 5.16 Å². The molecule has 0 saturated heterocycles. The van der Waals surface area contributed by atoms with Gasteiger partial charge in [-0.15, -0.1) is 0 Å². The Morgan fingerprint density at radius 3 is 2.42 bits per heavy atom. The minimum atomic E-state index is 0.233. The fraction of sp³-hybridized carbons (Fsp3) is 0.438. The topological polar surface area (TPSA) is 38.1 Å². The molecule has 0 aliphatic carbocycles. The van der Waals surface area contributed by atoms with E-state index in [1.165, 1.54) is 11.1 Å². The Hall–Kier alpha value is -1.61. The third kappa shape index (κ3) is 3.04. The lowest BCUT2D eigenvalue weighted by Crippen LogP contribution is -2.24. The van der Waals surface area contributed by atoms with Crippen molar-refractivity contribution in [3.05, 3.63) is 52.9 Å². The van der Waals surface area contributed by atoms with Crippen LogP contribution in [0.15, 0.2) is 34.9 Å². The molecule has 0 bridgehead atoms. The number of hydrogen-bond acceptors (Lipinski definition) is 3. The predicted molar refractivity (Wildman–Crippen MR) is 77.0 cm³/mol. The van der Waals surface area contributed by atoms with Crippen molar-refractivity contribution in [3.63, 3.8) is 0 Å². The van der Waals surface area contributed by atoms with E-state index in [0.29, 0.717) is 6.04 Å². The molecule has 102 valence electrons. The molecule has 2 rings (SSSR count). The zero-order valence-corrected chi connectivity index (χ0v) is 12.1. The summed E-state index contributed by atoms with van der Waals surface area (Å²) in [6.45, 7) is 8.33. The van der Waals surface area contributed by atoms with Gasteiger partial charge < -0.3 is 9.84 Å². The van der Waals surface area contributed by atoms with Crippen LogP contribution in [0.1, 0.15) is 54.9 Å². The molecule has 2 atom stereocenters. The quantitative estimate of drug-likeness (QED) is 0.877. The number of aryl methyl sites for hydroxylation is 2. The molecule has 19 heavy (non-hydrogen) atoms. The molecule has 3 nitrogen and oxygen atoms in total. The molecule has 1 aromatic heterocycles. The summed E-state index contributed by atoms with van der Waals surface area (Å²) in [6, 6.07) is 11.1. The molecule has 0 radical (unpaired) electrons. The Morgan fingerprint density at radius 1 is 1.21 bits per heavy atom. The minimum absolute atomic E-state index is 0.233. The lowest BCUT2D eigenvalue weighted by Gasteiger charge is -2.22. The lowest BCUT2D eigenvalue weighted by molar-refractivity contribution is 0.388. The van der Waals surface area contributed by atoms with Gasteiger partial charge in [-0.2, -0.15) is 0 Å². The molecule has 2 unspecified atom stereocenters. The molecular weight excluding hydrogens is 236 g/mol. The summed E-state index contributed by atoms with van der Waals surface area (Å²) in [5.41, 5.74) is 3.47. The van der Waals surface area contributed by atoms with E-state index < -0.39 is 0 Å². The van der Waals surface area contributed by atoms with Crippen molar-refractivity contribution in [2.24, 2.45) is 0 Å². The van der Waals surface area contributed by atoms with Gasteiger partial charge in [0.05, 0.1) is 5.69 Å². The molecule has 3 heteroatoms. The van der Waals surface area contributed by atoms with Gasteiger partial charge in [0.15, 0.2) is 0 Å². The van der Waals surface area contributed by atoms with E-state index in [-0.39, 0.29) is 6.04 Å². The molecule has 1 aromatic carbocycles. The Kier molecular flexibility index (Phi) is 4.38. The highest BCUT2D eigenvalue weighted by atomic mass is 16.5. The maximum absolute atomic E-state index is 5.25. The smallest absolute Gasteiger partial charge is 0.138 e. The summed E-state index contributed by atoms with van der Waals surface area (Å²) in [5.74, 6) is 0.903. The van der Waals surface area contributed by atoms with E-state index in [9.17, 15) is 0 Å². The van der Waals surface area contributed by atoms with Gasteiger partial charge in [0.1, 0.15) is 5.76 Å². The maximum atomic E-state index is 5.25. The highest BCUT2D eigenvalue weighted by Gasteiger charge is 2.19. The SMILES string of the molecule is CCC(NC(C)c1c(C)noc1C)c1ccccc1. The summed E-state index contributed by atoms with van der Waals surface area (Å²) >= 11 is 0. The zero-order valence-electron chi connectivity index (χ0n) is 12.1. The van der Waals surface area contributed by atoms with Crippen LogP contribution in [0.25, 0.3) is 0 Å². The van der Waals surface area contributed by atoms with E-state index in [4.69, 9.17) is 4.52 Å². The number of nitrogens with zero attached hydrogens (tertiary/aromatic N) is 1. The van der Waals surface area contributed by atoms with Gasteiger partial charge in [-0.25, -0.2) is 0 Å². The highest BCUT2D eigenvalue weighted by Crippen LogP contribution is 2.25. The van der Waals surface area contributed by atoms with Crippen molar-refractivity contribution >= 4 is 0 Å². The van der Waals surface area contributed by atoms with Gasteiger partial charge in [0.2, 0.25) is 0 Å².